The molecule has 0 spiro atoms. The van der Waals surface area contributed by atoms with Crippen molar-refractivity contribution in [2.24, 2.45) is 0 Å². The van der Waals surface area contributed by atoms with E-state index in [2.05, 4.69) is 20.8 Å². The third-order valence-electron chi connectivity index (χ3n) is 4.74. The molecule has 4 rings (SSSR count). The molecule has 152 valence electrons. The smallest absolute Gasteiger partial charge is 0.261 e. The van der Waals surface area contributed by atoms with E-state index >= 15 is 0 Å². The summed E-state index contributed by atoms with van der Waals surface area (Å²) in [6.07, 6.45) is 1.99. The van der Waals surface area contributed by atoms with Gasteiger partial charge in [0, 0.05) is 6.42 Å². The fourth-order valence-corrected chi connectivity index (χ4v) is 3.31. The van der Waals surface area contributed by atoms with E-state index < -0.39 is 11.8 Å². The van der Waals surface area contributed by atoms with Crippen molar-refractivity contribution in [1.29, 1.82) is 0 Å². The third kappa shape index (κ3) is 3.77. The lowest BCUT2D eigenvalue weighted by molar-refractivity contribution is -0.129. The topological polar surface area (TPSA) is 111 Å². The molecule has 4 aromatic rings. The van der Waals surface area contributed by atoms with Crippen LogP contribution in [0, 0.1) is 0 Å². The van der Waals surface area contributed by atoms with E-state index in [1.165, 1.54) is 10.9 Å². The van der Waals surface area contributed by atoms with E-state index in [9.17, 15) is 14.4 Å². The predicted octanol–water partition coefficient (Wildman–Crippen LogP) is 1.16. The number of benzene rings is 2. The highest BCUT2D eigenvalue weighted by molar-refractivity contribution is 5.84. The minimum absolute atomic E-state index is 0.0153. The minimum Gasteiger partial charge on any atom is -0.318 e. The van der Waals surface area contributed by atoms with Crippen molar-refractivity contribution in [1.82, 2.24) is 30.0 Å². The normalized spacial score (nSPS) is 11.0. The first-order valence-electron chi connectivity index (χ1n) is 9.53. The Morgan fingerprint density at radius 2 is 1.60 bits per heavy atom. The molecule has 0 aliphatic rings. The van der Waals surface area contributed by atoms with Gasteiger partial charge in [0.1, 0.15) is 18.9 Å². The maximum Gasteiger partial charge on any atom is 0.261 e. The second-order valence-electron chi connectivity index (χ2n) is 6.75. The lowest BCUT2D eigenvalue weighted by Crippen LogP contribution is -2.45. The van der Waals surface area contributed by atoms with Crippen LogP contribution in [0.2, 0.25) is 0 Å². The molecule has 2 N–H and O–H groups in total. The Balaban J connectivity index is 1.41. The minimum atomic E-state index is -0.534. The molecule has 2 heterocycles. The number of nitrogens with zero attached hydrogens (tertiary/aromatic N) is 4. The molecular formula is C21H20N6O3. The van der Waals surface area contributed by atoms with Crippen LogP contribution in [0.15, 0.2) is 59.7 Å². The molecule has 0 saturated heterocycles. The molecule has 2 aromatic carbocycles. The van der Waals surface area contributed by atoms with Crippen molar-refractivity contribution in [2.75, 3.05) is 0 Å². The predicted molar refractivity (Wildman–Crippen MR) is 111 cm³/mol. The fraction of sp³-hybridized carbons (Fsp3) is 0.190. The molecule has 0 radical (unpaired) electrons. The molecule has 0 atom stereocenters. The number of imidazole rings is 1. The molecule has 30 heavy (non-hydrogen) atoms. The van der Waals surface area contributed by atoms with E-state index in [0.717, 1.165) is 16.9 Å². The lowest BCUT2D eigenvalue weighted by Gasteiger charge is -2.11. The fourth-order valence-electron chi connectivity index (χ4n) is 3.31. The standard InChI is InChI=1S/C21H20N6O3/c1-2-18-23-16-9-5-6-10-17(16)27(18)12-20(29)25-24-19(28)11-26-13-22-15-8-4-3-7-14(15)21(26)30/h3-10,13H,2,11-12H2,1H3,(H,24,28)(H,25,29). The molecule has 0 fully saturated rings. The van der Waals surface area contributed by atoms with Crippen molar-refractivity contribution in [2.45, 2.75) is 26.4 Å². The van der Waals surface area contributed by atoms with Crippen LogP contribution in [0.4, 0.5) is 0 Å². The zero-order valence-electron chi connectivity index (χ0n) is 16.3. The summed E-state index contributed by atoms with van der Waals surface area (Å²) >= 11 is 0. The number of carbonyl (C=O) groups is 2. The summed E-state index contributed by atoms with van der Waals surface area (Å²) in [6.45, 7) is 1.72. The molecule has 0 bridgehead atoms. The Morgan fingerprint density at radius 3 is 2.37 bits per heavy atom. The molecule has 9 heteroatoms. The Kier molecular flexibility index (Phi) is 5.25. The van der Waals surface area contributed by atoms with Crippen molar-refractivity contribution in [3.8, 4) is 0 Å². The van der Waals surface area contributed by atoms with Crippen LogP contribution in [0.25, 0.3) is 21.9 Å². The van der Waals surface area contributed by atoms with Gasteiger partial charge < -0.3 is 4.57 Å². The van der Waals surface area contributed by atoms with Gasteiger partial charge in [0.25, 0.3) is 17.4 Å². The molecule has 0 unspecified atom stereocenters. The van der Waals surface area contributed by atoms with Crippen LogP contribution in [0.3, 0.4) is 0 Å². The largest absolute Gasteiger partial charge is 0.318 e. The number of carbonyl (C=O) groups excluding carboxylic acids is 2. The van der Waals surface area contributed by atoms with E-state index in [0.29, 0.717) is 17.3 Å². The molecular weight excluding hydrogens is 384 g/mol. The van der Waals surface area contributed by atoms with Crippen LogP contribution < -0.4 is 16.4 Å². The monoisotopic (exact) mass is 404 g/mol. The van der Waals surface area contributed by atoms with Crippen molar-refractivity contribution >= 4 is 33.8 Å². The summed E-state index contributed by atoms with van der Waals surface area (Å²) in [4.78, 5) is 45.7. The van der Waals surface area contributed by atoms with Crippen LogP contribution in [0.5, 0.6) is 0 Å². The molecule has 2 aromatic heterocycles. The second-order valence-corrected chi connectivity index (χ2v) is 6.75. The van der Waals surface area contributed by atoms with Crippen LogP contribution in [-0.2, 0) is 29.1 Å². The van der Waals surface area contributed by atoms with Crippen molar-refractivity contribution < 1.29 is 9.59 Å². The summed E-state index contributed by atoms with van der Waals surface area (Å²) in [6, 6.07) is 14.5. The first-order valence-corrected chi connectivity index (χ1v) is 9.53. The van der Waals surface area contributed by atoms with E-state index in [1.54, 1.807) is 24.3 Å². The van der Waals surface area contributed by atoms with Gasteiger partial charge in [-0.2, -0.15) is 0 Å². The summed E-state index contributed by atoms with van der Waals surface area (Å²) < 4.78 is 3.01. The van der Waals surface area contributed by atoms with E-state index in [-0.39, 0.29) is 18.6 Å². The van der Waals surface area contributed by atoms with Gasteiger partial charge in [0.15, 0.2) is 0 Å². The number of hydrazine groups is 1. The summed E-state index contributed by atoms with van der Waals surface area (Å²) in [5, 5.41) is 0.427. The number of amides is 2. The quantitative estimate of drug-likeness (QED) is 0.485. The van der Waals surface area contributed by atoms with Gasteiger partial charge in [0.2, 0.25) is 0 Å². The Bertz CT molecular complexity index is 1310. The number of nitrogens with one attached hydrogen (secondary N) is 2. The van der Waals surface area contributed by atoms with Gasteiger partial charge in [-0.1, -0.05) is 31.2 Å². The van der Waals surface area contributed by atoms with Gasteiger partial charge in [0.05, 0.1) is 28.3 Å². The van der Waals surface area contributed by atoms with Crippen LogP contribution in [-0.4, -0.2) is 30.9 Å². The average molecular weight is 404 g/mol. The maximum atomic E-state index is 12.5. The van der Waals surface area contributed by atoms with Gasteiger partial charge in [-0.05, 0) is 24.3 Å². The number of rotatable bonds is 5. The SMILES string of the molecule is CCc1nc2ccccc2n1CC(=O)NNC(=O)Cn1cnc2ccccc2c1=O. The third-order valence-corrected chi connectivity index (χ3v) is 4.74. The van der Waals surface area contributed by atoms with Crippen LogP contribution in [0.1, 0.15) is 12.7 Å². The first-order chi connectivity index (χ1) is 14.6. The second kappa shape index (κ2) is 8.16. The van der Waals surface area contributed by atoms with Gasteiger partial charge in [-0.3, -0.25) is 29.8 Å². The number of hydrogen-bond donors (Lipinski definition) is 2. The Morgan fingerprint density at radius 1 is 0.933 bits per heavy atom. The Labute approximate surface area is 171 Å². The zero-order valence-corrected chi connectivity index (χ0v) is 16.3. The molecule has 9 nitrogen and oxygen atoms in total. The molecule has 0 aliphatic carbocycles. The van der Waals surface area contributed by atoms with Gasteiger partial charge >= 0.3 is 0 Å². The molecule has 0 aliphatic heterocycles. The summed E-state index contributed by atoms with van der Waals surface area (Å²) in [5.41, 5.74) is 6.64. The van der Waals surface area contributed by atoms with Crippen molar-refractivity contribution in [3.63, 3.8) is 0 Å². The highest BCUT2D eigenvalue weighted by Gasteiger charge is 2.13. The first kappa shape index (κ1) is 19.3. The van der Waals surface area contributed by atoms with Gasteiger partial charge in [-0.25, -0.2) is 9.97 Å². The number of hydrogen-bond acceptors (Lipinski definition) is 5. The lowest BCUT2D eigenvalue weighted by atomic mass is 10.2. The molecule has 0 saturated carbocycles. The van der Waals surface area contributed by atoms with Crippen molar-refractivity contribution in [3.05, 3.63) is 71.0 Å². The highest BCUT2D eigenvalue weighted by Crippen LogP contribution is 2.16. The summed E-state index contributed by atoms with van der Waals surface area (Å²) in [5.74, 6) is -0.148. The zero-order chi connectivity index (χ0) is 21.1. The number of para-hydroxylation sites is 3. The van der Waals surface area contributed by atoms with Gasteiger partial charge in [-0.15, -0.1) is 0 Å². The number of fused-ring (bicyclic) bond motifs is 2. The summed E-state index contributed by atoms with van der Waals surface area (Å²) in [7, 11) is 0. The number of aryl methyl sites for hydroxylation is 1. The number of aromatic nitrogens is 4. The van der Waals surface area contributed by atoms with Crippen LogP contribution >= 0.6 is 0 Å². The van der Waals surface area contributed by atoms with E-state index in [1.807, 2.05) is 35.8 Å². The highest BCUT2D eigenvalue weighted by atomic mass is 16.2. The average Bonchev–Trinajstić information content (AvgIpc) is 3.12. The van der Waals surface area contributed by atoms with E-state index in [4.69, 9.17) is 0 Å². The maximum absolute atomic E-state index is 12.5. The Hall–Kier alpha value is -4.01. The molecule has 2 amide bonds.